The molecule has 4 N–H and O–H groups in total. The number of phenols is 2. The van der Waals surface area contributed by atoms with Crippen LogP contribution in [-0.4, -0.2) is 27.8 Å². The van der Waals surface area contributed by atoms with E-state index >= 15 is 0 Å². The molecule has 0 aromatic heterocycles. The molecular weight excluding hydrogens is 428 g/mol. The molecule has 7 nitrogen and oxygen atoms in total. The molecule has 0 saturated heterocycles. The highest BCUT2D eigenvalue weighted by atomic mass is 32.1. The molecule has 0 radical (unpaired) electrons. The lowest BCUT2D eigenvalue weighted by atomic mass is 9.77. The number of ether oxygens (including phenoxy) is 2. The van der Waals surface area contributed by atoms with Crippen molar-refractivity contribution >= 4 is 29.0 Å². The Kier molecular flexibility index (Phi) is 4.43. The van der Waals surface area contributed by atoms with Gasteiger partial charge in [-0.05, 0) is 54.7 Å². The Morgan fingerprint density at radius 2 is 1.66 bits per heavy atom. The van der Waals surface area contributed by atoms with Crippen LogP contribution >= 0.6 is 12.2 Å². The second-order valence-corrected chi connectivity index (χ2v) is 7.71. The molecule has 3 aromatic rings. The molecule has 1 spiro atoms. The van der Waals surface area contributed by atoms with Crippen molar-refractivity contribution in [2.24, 2.45) is 0 Å². The van der Waals surface area contributed by atoms with Gasteiger partial charge in [0.1, 0.15) is 23.0 Å². The first-order valence-electron chi connectivity index (χ1n) is 9.63. The normalized spacial score (nSPS) is 14.3. The van der Waals surface area contributed by atoms with E-state index in [0.29, 0.717) is 44.6 Å². The fraction of sp³-hybridized carbons (Fsp3) is 0.0833. The Morgan fingerprint density at radius 1 is 1.00 bits per heavy atom. The monoisotopic (exact) mass is 444 g/mol. The minimum Gasteiger partial charge on any atom is -0.508 e. The van der Waals surface area contributed by atoms with Crippen molar-refractivity contribution in [3.05, 3.63) is 76.9 Å². The molecule has 0 saturated carbocycles. The summed E-state index contributed by atoms with van der Waals surface area (Å²) in [7, 11) is 0. The van der Waals surface area contributed by atoms with Crippen LogP contribution in [0.2, 0.25) is 0 Å². The minimum absolute atomic E-state index is 0.00703. The van der Waals surface area contributed by atoms with Gasteiger partial charge in [0.25, 0.3) is 0 Å². The summed E-state index contributed by atoms with van der Waals surface area (Å²) in [5, 5.41) is 26.3. The number of anilines is 1. The van der Waals surface area contributed by atoms with Gasteiger partial charge >= 0.3 is 5.97 Å². The minimum atomic E-state index is -1.33. The zero-order valence-electron chi connectivity index (χ0n) is 16.5. The number of terminal acetylenes is 1. The molecule has 0 bridgehead atoms. The van der Waals surface area contributed by atoms with Crippen molar-refractivity contribution < 1.29 is 24.5 Å². The number of nitrogens with one attached hydrogen (secondary N) is 2. The summed E-state index contributed by atoms with van der Waals surface area (Å²) in [5.74, 6) is 2.56. The van der Waals surface area contributed by atoms with Crippen LogP contribution in [0.4, 0.5) is 5.69 Å². The van der Waals surface area contributed by atoms with Gasteiger partial charge in [0.05, 0.1) is 12.1 Å². The van der Waals surface area contributed by atoms with Crippen molar-refractivity contribution in [3.63, 3.8) is 0 Å². The molecule has 0 fully saturated rings. The van der Waals surface area contributed by atoms with Gasteiger partial charge in [-0.1, -0.05) is 5.92 Å². The molecule has 2 aliphatic rings. The van der Waals surface area contributed by atoms with Crippen molar-refractivity contribution in [2.75, 3.05) is 11.9 Å². The van der Waals surface area contributed by atoms with Gasteiger partial charge in [-0.15, -0.1) is 6.42 Å². The number of carbonyl (C=O) groups excluding carboxylic acids is 1. The van der Waals surface area contributed by atoms with Gasteiger partial charge in [-0.2, -0.15) is 0 Å². The first-order chi connectivity index (χ1) is 15.4. The van der Waals surface area contributed by atoms with E-state index < -0.39 is 11.6 Å². The molecular formula is C24H16N2O5S. The zero-order valence-corrected chi connectivity index (χ0v) is 17.3. The highest BCUT2D eigenvalue weighted by Crippen LogP contribution is 2.57. The average molecular weight is 444 g/mol. The smallest absolute Gasteiger partial charge is 0.340 e. The number of phenolic OH excluding ortho intramolecular Hbond substituents is 2. The van der Waals surface area contributed by atoms with Gasteiger partial charge in [0, 0.05) is 34.5 Å². The molecule has 0 atom stereocenters. The molecule has 158 valence electrons. The molecule has 8 heteroatoms. The third-order valence-corrected chi connectivity index (χ3v) is 5.63. The Balaban J connectivity index is 1.72. The number of benzene rings is 3. The molecule has 0 amide bonds. The van der Waals surface area contributed by atoms with Crippen LogP contribution in [-0.2, 0) is 10.3 Å². The van der Waals surface area contributed by atoms with Crippen LogP contribution < -0.4 is 15.4 Å². The third kappa shape index (κ3) is 2.91. The molecule has 2 aliphatic heterocycles. The predicted octanol–water partition coefficient (Wildman–Crippen LogP) is 3.59. The number of fused-ring (bicyclic) bond motifs is 6. The second kappa shape index (κ2) is 7.18. The summed E-state index contributed by atoms with van der Waals surface area (Å²) in [6.07, 6.45) is 5.26. The number of hydrogen-bond donors (Lipinski definition) is 4. The van der Waals surface area contributed by atoms with Crippen LogP contribution in [0.15, 0.2) is 54.6 Å². The van der Waals surface area contributed by atoms with Gasteiger partial charge < -0.3 is 30.3 Å². The zero-order chi connectivity index (χ0) is 22.5. The summed E-state index contributed by atoms with van der Waals surface area (Å²) in [6, 6.07) is 14.4. The van der Waals surface area contributed by atoms with Crippen molar-refractivity contribution in [1.29, 1.82) is 0 Å². The van der Waals surface area contributed by atoms with E-state index in [2.05, 4.69) is 16.6 Å². The maximum atomic E-state index is 12.9. The van der Waals surface area contributed by atoms with E-state index in [9.17, 15) is 15.0 Å². The van der Waals surface area contributed by atoms with Gasteiger partial charge in [0.15, 0.2) is 10.7 Å². The van der Waals surface area contributed by atoms with E-state index in [-0.39, 0.29) is 18.0 Å². The average Bonchev–Trinajstić information content (AvgIpc) is 3.04. The first kappa shape index (κ1) is 19.7. The molecule has 3 aromatic carbocycles. The van der Waals surface area contributed by atoms with Crippen LogP contribution in [0.1, 0.15) is 27.0 Å². The van der Waals surface area contributed by atoms with Crippen molar-refractivity contribution in [2.45, 2.75) is 5.60 Å². The third-order valence-electron chi connectivity index (χ3n) is 5.38. The van der Waals surface area contributed by atoms with E-state index in [1.165, 1.54) is 24.3 Å². The van der Waals surface area contributed by atoms with Crippen molar-refractivity contribution in [3.8, 4) is 35.3 Å². The van der Waals surface area contributed by atoms with E-state index in [0.717, 1.165) is 0 Å². The van der Waals surface area contributed by atoms with Gasteiger partial charge in [-0.25, -0.2) is 4.79 Å². The van der Waals surface area contributed by atoms with Gasteiger partial charge in [0.2, 0.25) is 0 Å². The second-order valence-electron chi connectivity index (χ2n) is 7.31. The summed E-state index contributed by atoms with van der Waals surface area (Å²) in [5.41, 5.74) is 1.36. The number of rotatable bonds is 2. The fourth-order valence-electron chi connectivity index (χ4n) is 4.08. The summed E-state index contributed by atoms with van der Waals surface area (Å²) in [4.78, 5) is 12.9. The maximum Gasteiger partial charge on any atom is 0.340 e. The summed E-state index contributed by atoms with van der Waals surface area (Å²) >= 11 is 5.26. The number of carbonyl (C=O) groups is 1. The molecule has 2 heterocycles. The standard InChI is InChI=1S/C24H16N2O5S/c1-2-9-25-23(32)26-13-3-6-16-19(10-13)24(31-22(16)29)17-7-4-14(27)11-20(17)30-21-12-15(28)5-8-18(21)24/h1,3-8,10-12,27-28H,9H2,(H2,25,26,32). The quantitative estimate of drug-likeness (QED) is 0.270. The first-order valence-corrected chi connectivity index (χ1v) is 10.0. The fourth-order valence-corrected chi connectivity index (χ4v) is 4.27. The Labute approximate surface area is 188 Å². The molecule has 0 aliphatic carbocycles. The van der Waals surface area contributed by atoms with Crippen molar-refractivity contribution in [1.82, 2.24) is 5.32 Å². The van der Waals surface area contributed by atoms with Crippen LogP contribution in [0.25, 0.3) is 0 Å². The van der Waals surface area contributed by atoms with E-state index in [4.69, 9.17) is 28.1 Å². The Bertz CT molecular complexity index is 1290. The lowest BCUT2D eigenvalue weighted by Gasteiger charge is -2.36. The summed E-state index contributed by atoms with van der Waals surface area (Å²) in [6.45, 7) is 0.271. The summed E-state index contributed by atoms with van der Waals surface area (Å²) < 4.78 is 12.0. The van der Waals surface area contributed by atoms with E-state index in [1.807, 2.05) is 0 Å². The molecule has 32 heavy (non-hydrogen) atoms. The Hall–Kier alpha value is -4.22. The van der Waals surface area contributed by atoms with Crippen LogP contribution in [0, 0.1) is 12.3 Å². The number of aromatic hydroxyl groups is 2. The number of thiocarbonyl (C=S) groups is 1. The Morgan fingerprint density at radius 3 is 2.28 bits per heavy atom. The van der Waals surface area contributed by atoms with E-state index in [1.54, 1.807) is 30.3 Å². The lowest BCUT2D eigenvalue weighted by molar-refractivity contribution is 0.0224. The van der Waals surface area contributed by atoms with Crippen LogP contribution in [0.5, 0.6) is 23.0 Å². The highest BCUT2D eigenvalue weighted by Gasteiger charge is 2.53. The number of hydrogen-bond acceptors (Lipinski definition) is 6. The SMILES string of the molecule is C#CCNC(=S)Nc1ccc2c(c1)C1(OC2=O)c2ccc(O)cc2Oc2cc(O)ccc21. The molecule has 5 rings (SSSR count). The highest BCUT2D eigenvalue weighted by molar-refractivity contribution is 7.80. The van der Waals surface area contributed by atoms with Crippen LogP contribution in [0.3, 0.4) is 0 Å². The lowest BCUT2D eigenvalue weighted by Crippen LogP contribution is -2.33. The van der Waals surface area contributed by atoms with Gasteiger partial charge in [-0.3, -0.25) is 0 Å². The predicted molar refractivity (Wildman–Crippen MR) is 121 cm³/mol. The topological polar surface area (TPSA) is 100 Å². The molecule has 0 unspecified atom stereocenters. The largest absolute Gasteiger partial charge is 0.508 e. The number of esters is 1. The maximum absolute atomic E-state index is 12.9.